The highest BCUT2D eigenvalue weighted by molar-refractivity contribution is 7.17. The number of halogens is 1. The minimum Gasteiger partial charge on any atom is -0.368 e. The van der Waals surface area contributed by atoms with Gasteiger partial charge in [0.25, 0.3) is 5.91 Å². The highest BCUT2D eigenvalue weighted by Crippen LogP contribution is 2.29. The van der Waals surface area contributed by atoms with Crippen LogP contribution < -0.4 is 5.73 Å². The molecule has 1 fully saturated rings. The summed E-state index contributed by atoms with van der Waals surface area (Å²) in [6.45, 7) is 1.42. The molecule has 3 heterocycles. The fourth-order valence-corrected chi connectivity index (χ4v) is 3.95. The molecule has 0 aliphatic carbocycles. The van der Waals surface area contributed by atoms with Crippen molar-refractivity contribution in [2.75, 3.05) is 13.1 Å². The first kappa shape index (κ1) is 16.0. The topological polar surface area (TPSA) is 81.2 Å². The number of aromatic nitrogens is 2. The van der Waals surface area contributed by atoms with E-state index in [9.17, 15) is 9.59 Å². The number of carbonyl (C=O) groups is 2. The number of imidazole rings is 1. The summed E-state index contributed by atoms with van der Waals surface area (Å²) in [7, 11) is 0. The lowest BCUT2D eigenvalue weighted by atomic mass is 9.97. The Morgan fingerprint density at radius 2 is 2.26 bits per heavy atom. The maximum absolute atomic E-state index is 12.6. The van der Waals surface area contributed by atoms with Crippen molar-refractivity contribution in [1.29, 1.82) is 0 Å². The lowest BCUT2D eigenvalue weighted by Gasteiger charge is -2.32. The first-order valence-corrected chi connectivity index (χ1v) is 8.58. The third-order valence-electron chi connectivity index (χ3n) is 3.93. The van der Waals surface area contributed by atoms with Crippen LogP contribution >= 0.6 is 22.9 Å². The van der Waals surface area contributed by atoms with E-state index in [0.717, 1.165) is 25.2 Å². The largest absolute Gasteiger partial charge is 0.368 e. The van der Waals surface area contributed by atoms with Gasteiger partial charge in [0.1, 0.15) is 12.4 Å². The highest BCUT2D eigenvalue weighted by Gasteiger charge is 2.28. The van der Waals surface area contributed by atoms with Gasteiger partial charge in [0, 0.05) is 31.4 Å². The fraction of sp³-hybridized carbons (Fsp3) is 0.400. The summed E-state index contributed by atoms with van der Waals surface area (Å²) < 4.78 is 2.38. The third kappa shape index (κ3) is 3.56. The van der Waals surface area contributed by atoms with Gasteiger partial charge in [0.15, 0.2) is 0 Å². The standard InChI is InChI=1S/C15H17ClN4O2S/c16-12-4-3-11(23-12)15(22)20-6-1-2-10(8-20)14-18-5-7-19(14)9-13(17)21/h3-5,7,10H,1-2,6,8-9H2,(H2,17,21)/t10-/m0/s1. The molecular weight excluding hydrogens is 336 g/mol. The zero-order valence-electron chi connectivity index (χ0n) is 12.4. The molecule has 2 amide bonds. The van der Waals surface area contributed by atoms with Crippen molar-refractivity contribution in [2.45, 2.75) is 25.3 Å². The van der Waals surface area contributed by atoms with E-state index in [1.54, 1.807) is 29.1 Å². The van der Waals surface area contributed by atoms with Crippen LogP contribution in [0.4, 0.5) is 0 Å². The Kier molecular flexibility index (Phi) is 4.68. The molecule has 1 aliphatic heterocycles. The quantitative estimate of drug-likeness (QED) is 0.914. The molecule has 2 N–H and O–H groups in total. The van der Waals surface area contributed by atoms with Crippen LogP contribution in [0.5, 0.6) is 0 Å². The normalized spacial score (nSPS) is 18.1. The van der Waals surface area contributed by atoms with Gasteiger partial charge in [-0.3, -0.25) is 9.59 Å². The first-order valence-electron chi connectivity index (χ1n) is 7.38. The van der Waals surface area contributed by atoms with Crippen molar-refractivity contribution in [3.63, 3.8) is 0 Å². The van der Waals surface area contributed by atoms with Crippen LogP contribution in [0, 0.1) is 0 Å². The molecule has 1 atom stereocenters. The lowest BCUT2D eigenvalue weighted by Crippen LogP contribution is -2.39. The summed E-state index contributed by atoms with van der Waals surface area (Å²) in [4.78, 5) is 30.6. The van der Waals surface area contributed by atoms with Crippen molar-refractivity contribution in [1.82, 2.24) is 14.5 Å². The fourth-order valence-electron chi connectivity index (χ4n) is 2.94. The van der Waals surface area contributed by atoms with Crippen molar-refractivity contribution >= 4 is 34.8 Å². The number of nitrogens with zero attached hydrogens (tertiary/aromatic N) is 3. The maximum Gasteiger partial charge on any atom is 0.263 e. The number of piperidine rings is 1. The van der Waals surface area contributed by atoms with E-state index in [2.05, 4.69) is 4.98 Å². The Bertz CT molecular complexity index is 727. The molecule has 0 bridgehead atoms. The molecule has 1 aliphatic rings. The molecule has 6 nitrogen and oxygen atoms in total. The van der Waals surface area contributed by atoms with E-state index in [0.29, 0.717) is 15.8 Å². The molecule has 122 valence electrons. The Morgan fingerprint density at radius 3 is 2.96 bits per heavy atom. The Balaban J connectivity index is 1.75. The molecule has 0 aromatic carbocycles. The minimum absolute atomic E-state index is 0.000364. The average molecular weight is 353 g/mol. The minimum atomic E-state index is -0.402. The van der Waals surface area contributed by atoms with Gasteiger partial charge in [0.2, 0.25) is 5.91 Å². The zero-order valence-corrected chi connectivity index (χ0v) is 14.0. The van der Waals surface area contributed by atoms with E-state index in [1.807, 2.05) is 4.90 Å². The Morgan fingerprint density at radius 1 is 1.43 bits per heavy atom. The van der Waals surface area contributed by atoms with Crippen molar-refractivity contribution in [3.05, 3.63) is 39.6 Å². The van der Waals surface area contributed by atoms with Gasteiger partial charge in [-0.1, -0.05) is 11.6 Å². The van der Waals surface area contributed by atoms with E-state index < -0.39 is 5.91 Å². The van der Waals surface area contributed by atoms with Crippen LogP contribution in [0.15, 0.2) is 24.5 Å². The predicted molar refractivity (Wildman–Crippen MR) is 88.6 cm³/mol. The lowest BCUT2D eigenvalue weighted by molar-refractivity contribution is -0.118. The summed E-state index contributed by atoms with van der Waals surface area (Å²) in [5.41, 5.74) is 5.27. The number of rotatable bonds is 4. The predicted octanol–water partition coefficient (Wildman–Crippen LogP) is 2.10. The van der Waals surface area contributed by atoms with Crippen LogP contribution in [-0.4, -0.2) is 39.4 Å². The number of primary amides is 1. The van der Waals surface area contributed by atoms with Crippen molar-refractivity contribution in [3.8, 4) is 0 Å². The van der Waals surface area contributed by atoms with Crippen LogP contribution in [0.3, 0.4) is 0 Å². The second kappa shape index (κ2) is 6.72. The number of hydrogen-bond acceptors (Lipinski definition) is 4. The number of thiophene rings is 1. The molecule has 2 aromatic rings. The van der Waals surface area contributed by atoms with E-state index in [4.69, 9.17) is 17.3 Å². The number of nitrogens with two attached hydrogens (primary N) is 1. The second-order valence-corrected chi connectivity index (χ2v) is 7.29. The van der Waals surface area contributed by atoms with E-state index in [1.165, 1.54) is 11.3 Å². The highest BCUT2D eigenvalue weighted by atomic mass is 35.5. The summed E-state index contributed by atoms with van der Waals surface area (Å²) in [5, 5.41) is 0. The molecule has 8 heteroatoms. The Hall–Kier alpha value is -1.86. The van der Waals surface area contributed by atoms with Gasteiger partial charge in [0.05, 0.1) is 9.21 Å². The van der Waals surface area contributed by atoms with E-state index in [-0.39, 0.29) is 18.4 Å². The smallest absolute Gasteiger partial charge is 0.263 e. The zero-order chi connectivity index (χ0) is 16.4. The van der Waals surface area contributed by atoms with Gasteiger partial charge in [-0.05, 0) is 25.0 Å². The molecule has 23 heavy (non-hydrogen) atoms. The summed E-state index contributed by atoms with van der Waals surface area (Å²) in [6.07, 6.45) is 5.25. The third-order valence-corrected chi connectivity index (χ3v) is 5.15. The second-order valence-electron chi connectivity index (χ2n) is 5.57. The van der Waals surface area contributed by atoms with Crippen molar-refractivity contribution < 1.29 is 9.59 Å². The summed E-state index contributed by atoms with van der Waals surface area (Å²) in [6, 6.07) is 3.49. The molecule has 0 radical (unpaired) electrons. The summed E-state index contributed by atoms with van der Waals surface area (Å²) in [5.74, 6) is 0.517. The van der Waals surface area contributed by atoms with Crippen LogP contribution in [0.2, 0.25) is 4.34 Å². The number of amides is 2. The van der Waals surface area contributed by atoms with Gasteiger partial charge in [-0.15, -0.1) is 11.3 Å². The number of likely N-dealkylation sites (tertiary alicyclic amines) is 1. The maximum atomic E-state index is 12.6. The molecule has 2 aromatic heterocycles. The van der Waals surface area contributed by atoms with Crippen LogP contribution in [0.1, 0.15) is 34.3 Å². The van der Waals surface area contributed by atoms with Crippen molar-refractivity contribution in [2.24, 2.45) is 5.73 Å². The van der Waals surface area contributed by atoms with Gasteiger partial charge in [-0.25, -0.2) is 4.98 Å². The van der Waals surface area contributed by atoms with Gasteiger partial charge >= 0.3 is 0 Å². The molecule has 0 saturated carbocycles. The number of carbonyl (C=O) groups excluding carboxylic acids is 2. The number of hydrogen-bond donors (Lipinski definition) is 1. The monoisotopic (exact) mass is 352 g/mol. The van der Waals surface area contributed by atoms with Gasteiger partial charge < -0.3 is 15.2 Å². The summed E-state index contributed by atoms with van der Waals surface area (Å²) >= 11 is 7.21. The SMILES string of the molecule is NC(=O)Cn1ccnc1[C@H]1CCCN(C(=O)c2ccc(Cl)s2)C1. The molecule has 1 saturated heterocycles. The molecule has 0 unspecified atom stereocenters. The molecule has 3 rings (SSSR count). The average Bonchev–Trinajstić information content (AvgIpc) is 3.15. The molecule has 0 spiro atoms. The molecular formula is C15H17ClN4O2S. The van der Waals surface area contributed by atoms with Gasteiger partial charge in [-0.2, -0.15) is 0 Å². The Labute approximate surface area is 142 Å². The first-order chi connectivity index (χ1) is 11.0. The van der Waals surface area contributed by atoms with Crippen LogP contribution in [-0.2, 0) is 11.3 Å². The van der Waals surface area contributed by atoms with Crippen LogP contribution in [0.25, 0.3) is 0 Å². The van der Waals surface area contributed by atoms with E-state index >= 15 is 0 Å².